The van der Waals surface area contributed by atoms with Gasteiger partial charge in [0.2, 0.25) is 5.91 Å². The van der Waals surface area contributed by atoms with E-state index in [0.717, 1.165) is 5.56 Å². The van der Waals surface area contributed by atoms with Gasteiger partial charge in [-0.15, -0.1) is 0 Å². The number of rotatable bonds is 5. The minimum atomic E-state index is -0.677. The monoisotopic (exact) mass is 325 g/mol. The minimum Gasteiger partial charge on any atom is -0.354 e. The average Bonchev–Trinajstić information content (AvgIpc) is 2.94. The number of nitrogens with zero attached hydrogens (tertiary/aromatic N) is 2. The standard InChI is InChI=1S/C15H17Cl2N3O/c1-15(2,11-3-4-12(16)13(17)9-11)14(21)19-6-8-20-7-5-18-10-20/h3-5,7,9-10H,6,8H2,1-2H3,(H,19,21). The molecule has 0 fully saturated rings. The summed E-state index contributed by atoms with van der Waals surface area (Å²) in [5.74, 6) is -0.0546. The van der Waals surface area contributed by atoms with E-state index in [1.165, 1.54) is 0 Å². The van der Waals surface area contributed by atoms with Crippen LogP contribution < -0.4 is 5.32 Å². The number of amides is 1. The molecular formula is C15H17Cl2N3O. The van der Waals surface area contributed by atoms with Crippen LogP contribution in [0.15, 0.2) is 36.9 Å². The lowest BCUT2D eigenvalue weighted by atomic mass is 9.84. The number of benzene rings is 1. The van der Waals surface area contributed by atoms with Gasteiger partial charge < -0.3 is 9.88 Å². The van der Waals surface area contributed by atoms with Crippen LogP contribution >= 0.6 is 23.2 Å². The topological polar surface area (TPSA) is 46.9 Å². The molecule has 2 rings (SSSR count). The molecule has 0 saturated carbocycles. The molecule has 1 aromatic carbocycles. The molecule has 1 heterocycles. The molecule has 112 valence electrons. The lowest BCUT2D eigenvalue weighted by Crippen LogP contribution is -2.41. The fraction of sp³-hybridized carbons (Fsp3) is 0.333. The molecule has 0 radical (unpaired) electrons. The number of imidazole rings is 1. The van der Waals surface area contributed by atoms with Crippen molar-refractivity contribution in [3.05, 3.63) is 52.5 Å². The summed E-state index contributed by atoms with van der Waals surface area (Å²) in [6.45, 7) is 4.95. The third kappa shape index (κ3) is 3.77. The Bertz CT molecular complexity index is 624. The number of nitrogens with one attached hydrogen (secondary N) is 1. The Kier molecular flexibility index (Phi) is 4.91. The van der Waals surface area contributed by atoms with Crippen molar-refractivity contribution in [2.75, 3.05) is 6.54 Å². The Labute approximate surface area is 134 Å². The van der Waals surface area contributed by atoms with Crippen molar-refractivity contribution in [3.63, 3.8) is 0 Å². The van der Waals surface area contributed by atoms with Crippen molar-refractivity contribution in [2.45, 2.75) is 25.8 Å². The molecule has 1 aromatic heterocycles. The van der Waals surface area contributed by atoms with Crippen LogP contribution in [0.1, 0.15) is 19.4 Å². The Morgan fingerprint density at radius 2 is 2.10 bits per heavy atom. The number of aromatic nitrogens is 2. The van der Waals surface area contributed by atoms with E-state index in [9.17, 15) is 4.79 Å². The molecule has 0 saturated heterocycles. The predicted octanol–water partition coefficient (Wildman–Crippen LogP) is 3.28. The van der Waals surface area contributed by atoms with Gasteiger partial charge in [0.15, 0.2) is 0 Å². The van der Waals surface area contributed by atoms with E-state index < -0.39 is 5.41 Å². The smallest absolute Gasteiger partial charge is 0.230 e. The quantitative estimate of drug-likeness (QED) is 0.916. The molecule has 0 unspecified atom stereocenters. The van der Waals surface area contributed by atoms with Gasteiger partial charge in [-0.05, 0) is 31.5 Å². The number of hydrogen-bond acceptors (Lipinski definition) is 2. The maximum absolute atomic E-state index is 12.4. The van der Waals surface area contributed by atoms with Crippen molar-refractivity contribution in [1.82, 2.24) is 14.9 Å². The summed E-state index contributed by atoms with van der Waals surface area (Å²) in [6, 6.07) is 5.27. The zero-order valence-electron chi connectivity index (χ0n) is 11.9. The first-order chi connectivity index (χ1) is 9.91. The van der Waals surface area contributed by atoms with Crippen LogP contribution in [-0.4, -0.2) is 22.0 Å². The van der Waals surface area contributed by atoms with E-state index >= 15 is 0 Å². The lowest BCUT2D eigenvalue weighted by molar-refractivity contribution is -0.125. The molecule has 0 aliphatic carbocycles. The second-order valence-corrected chi connectivity index (χ2v) is 6.12. The zero-order valence-corrected chi connectivity index (χ0v) is 13.4. The first kappa shape index (κ1) is 15.9. The second kappa shape index (κ2) is 6.50. The fourth-order valence-electron chi connectivity index (χ4n) is 1.95. The molecule has 4 nitrogen and oxygen atoms in total. The van der Waals surface area contributed by atoms with E-state index in [1.807, 2.05) is 30.7 Å². The van der Waals surface area contributed by atoms with E-state index in [4.69, 9.17) is 23.2 Å². The van der Waals surface area contributed by atoms with Gasteiger partial charge in [-0.3, -0.25) is 4.79 Å². The largest absolute Gasteiger partial charge is 0.354 e. The third-order valence-electron chi connectivity index (χ3n) is 3.42. The van der Waals surface area contributed by atoms with Gasteiger partial charge in [0.1, 0.15) is 0 Å². The molecular weight excluding hydrogens is 309 g/mol. The first-order valence-corrected chi connectivity index (χ1v) is 7.36. The molecule has 0 atom stereocenters. The van der Waals surface area contributed by atoms with Crippen molar-refractivity contribution in [1.29, 1.82) is 0 Å². The maximum atomic E-state index is 12.4. The van der Waals surface area contributed by atoms with Gasteiger partial charge in [0.25, 0.3) is 0 Å². The van der Waals surface area contributed by atoms with Gasteiger partial charge >= 0.3 is 0 Å². The molecule has 21 heavy (non-hydrogen) atoms. The SMILES string of the molecule is CC(C)(C(=O)NCCn1ccnc1)c1ccc(Cl)c(Cl)c1. The van der Waals surface area contributed by atoms with Crippen LogP contribution in [0.5, 0.6) is 0 Å². The van der Waals surface area contributed by atoms with Gasteiger partial charge in [-0.2, -0.15) is 0 Å². The highest BCUT2D eigenvalue weighted by atomic mass is 35.5. The maximum Gasteiger partial charge on any atom is 0.230 e. The van der Waals surface area contributed by atoms with Crippen molar-refractivity contribution < 1.29 is 4.79 Å². The molecule has 1 amide bonds. The second-order valence-electron chi connectivity index (χ2n) is 5.31. The highest BCUT2D eigenvalue weighted by molar-refractivity contribution is 6.42. The molecule has 0 spiro atoms. The number of carbonyl (C=O) groups is 1. The van der Waals surface area contributed by atoms with Gasteiger partial charge in [0, 0.05) is 25.5 Å². The van der Waals surface area contributed by atoms with Crippen LogP contribution in [0.25, 0.3) is 0 Å². The van der Waals surface area contributed by atoms with Gasteiger partial charge in [0.05, 0.1) is 21.8 Å². The highest BCUT2D eigenvalue weighted by Gasteiger charge is 2.29. The van der Waals surface area contributed by atoms with Crippen LogP contribution in [-0.2, 0) is 16.8 Å². The number of hydrogen-bond donors (Lipinski definition) is 1. The minimum absolute atomic E-state index is 0.0546. The molecule has 2 aromatic rings. The van der Waals surface area contributed by atoms with Gasteiger partial charge in [-0.25, -0.2) is 4.98 Å². The van der Waals surface area contributed by atoms with E-state index in [0.29, 0.717) is 23.1 Å². The van der Waals surface area contributed by atoms with E-state index in [1.54, 1.807) is 24.7 Å². The van der Waals surface area contributed by atoms with Gasteiger partial charge in [-0.1, -0.05) is 29.3 Å². The molecule has 0 aliphatic heterocycles. The van der Waals surface area contributed by atoms with Crippen LogP contribution in [0, 0.1) is 0 Å². The Morgan fingerprint density at radius 3 is 2.71 bits per heavy atom. The zero-order chi connectivity index (χ0) is 15.5. The number of carbonyl (C=O) groups excluding carboxylic acids is 1. The Hall–Kier alpha value is -1.52. The predicted molar refractivity (Wildman–Crippen MR) is 84.7 cm³/mol. The van der Waals surface area contributed by atoms with Crippen LogP contribution in [0.3, 0.4) is 0 Å². The molecule has 1 N–H and O–H groups in total. The summed E-state index contributed by atoms with van der Waals surface area (Å²) >= 11 is 11.9. The molecule has 0 bridgehead atoms. The normalized spacial score (nSPS) is 11.4. The van der Waals surface area contributed by atoms with Crippen LogP contribution in [0.2, 0.25) is 10.0 Å². The summed E-state index contributed by atoms with van der Waals surface area (Å²) in [4.78, 5) is 16.3. The van der Waals surface area contributed by atoms with E-state index in [2.05, 4.69) is 10.3 Å². The molecule has 6 heteroatoms. The summed E-state index contributed by atoms with van der Waals surface area (Å²) < 4.78 is 1.91. The van der Waals surface area contributed by atoms with Crippen molar-refractivity contribution >= 4 is 29.1 Å². The van der Waals surface area contributed by atoms with Crippen molar-refractivity contribution in [2.24, 2.45) is 0 Å². The molecule has 0 aliphatic rings. The highest BCUT2D eigenvalue weighted by Crippen LogP contribution is 2.30. The number of halogens is 2. The van der Waals surface area contributed by atoms with Crippen LogP contribution in [0.4, 0.5) is 0 Å². The summed E-state index contributed by atoms with van der Waals surface area (Å²) in [6.07, 6.45) is 5.29. The average molecular weight is 326 g/mol. The Morgan fingerprint density at radius 1 is 1.33 bits per heavy atom. The summed E-state index contributed by atoms with van der Waals surface area (Å²) in [5, 5.41) is 3.87. The Balaban J connectivity index is 2.00. The van der Waals surface area contributed by atoms with E-state index in [-0.39, 0.29) is 5.91 Å². The summed E-state index contributed by atoms with van der Waals surface area (Å²) in [7, 11) is 0. The first-order valence-electron chi connectivity index (χ1n) is 6.61. The third-order valence-corrected chi connectivity index (χ3v) is 4.16. The summed E-state index contributed by atoms with van der Waals surface area (Å²) in [5.41, 5.74) is 0.153. The fourth-order valence-corrected chi connectivity index (χ4v) is 2.25. The van der Waals surface area contributed by atoms with Crippen molar-refractivity contribution in [3.8, 4) is 0 Å². The lowest BCUT2D eigenvalue weighted by Gasteiger charge is -2.24.